The molecule has 4 nitrogen and oxygen atoms in total. The maximum atomic E-state index is 12.6. The van der Waals surface area contributed by atoms with Crippen LogP contribution >= 0.6 is 11.8 Å². The van der Waals surface area contributed by atoms with Gasteiger partial charge in [0.05, 0.1) is 13.1 Å². The Morgan fingerprint density at radius 2 is 1.91 bits per heavy atom. The van der Waals surface area contributed by atoms with Crippen LogP contribution < -0.4 is 0 Å². The molecule has 0 spiro atoms. The summed E-state index contributed by atoms with van der Waals surface area (Å²) in [5.74, 6) is 0.0670. The van der Waals surface area contributed by atoms with Gasteiger partial charge in [0, 0.05) is 19.0 Å². The zero-order chi connectivity index (χ0) is 16.5. The number of ketones is 1. The number of Topliss-reactive ketones (excluding diaryl/α,β-unsaturated/α-hetero) is 1. The smallest absolute Gasteiger partial charge is 0.410 e. The van der Waals surface area contributed by atoms with Crippen molar-refractivity contribution in [1.29, 1.82) is 0 Å². The Hall–Kier alpha value is -0.905. The maximum absolute atomic E-state index is 12.6. The van der Waals surface area contributed by atoms with Gasteiger partial charge < -0.3 is 9.64 Å². The third-order valence-corrected chi connectivity index (χ3v) is 5.41. The molecule has 1 amide bonds. The fraction of sp³-hybridized carbons (Fsp3) is 0.750. The second-order valence-corrected chi connectivity index (χ2v) is 8.10. The van der Waals surface area contributed by atoms with Crippen molar-refractivity contribution < 1.29 is 14.3 Å². The molecule has 6 heteroatoms. The number of likely N-dealkylation sites (tertiary alicyclic amines) is 1. The van der Waals surface area contributed by atoms with Crippen LogP contribution in [0.4, 0.5) is 4.79 Å². The molecule has 0 N–H and O–H groups in total. The molecule has 1 fully saturated rings. The number of carbonyl (C=O) groups is 2. The summed E-state index contributed by atoms with van der Waals surface area (Å²) in [6, 6.07) is 0. The van der Waals surface area contributed by atoms with Crippen LogP contribution in [0.2, 0.25) is 5.82 Å². The summed E-state index contributed by atoms with van der Waals surface area (Å²) in [5.41, 5.74) is 0.592. The van der Waals surface area contributed by atoms with Crippen molar-refractivity contribution in [2.24, 2.45) is 5.92 Å². The van der Waals surface area contributed by atoms with Crippen LogP contribution in [0.5, 0.6) is 0 Å². The summed E-state index contributed by atoms with van der Waals surface area (Å²) < 4.78 is 5.37. The van der Waals surface area contributed by atoms with Gasteiger partial charge in [-0.25, -0.2) is 4.79 Å². The standard InChI is InChI=1S/C16H24BNO3S/c1-10-9-22-14(12(10)17)13(19)11-5-7-18(8-6-11)15(20)21-16(2,3)4/h9,11-12,14H,5-8H2,1-4H3. The van der Waals surface area contributed by atoms with Crippen molar-refractivity contribution in [3.63, 3.8) is 0 Å². The molecule has 0 bridgehead atoms. The Bertz CT molecular complexity index is 478. The van der Waals surface area contributed by atoms with E-state index >= 15 is 0 Å². The quantitative estimate of drug-likeness (QED) is 0.733. The van der Waals surface area contributed by atoms with Gasteiger partial charge in [-0.15, -0.1) is 11.8 Å². The normalized spacial score (nSPS) is 26.7. The van der Waals surface area contributed by atoms with E-state index in [-0.39, 0.29) is 28.9 Å². The van der Waals surface area contributed by atoms with Gasteiger partial charge in [-0.1, -0.05) is 5.57 Å². The molecule has 2 radical (unpaired) electrons. The van der Waals surface area contributed by atoms with E-state index in [1.54, 1.807) is 4.90 Å². The highest BCUT2D eigenvalue weighted by molar-refractivity contribution is 8.03. The number of allylic oxidation sites excluding steroid dienone is 1. The van der Waals surface area contributed by atoms with Crippen molar-refractivity contribution in [1.82, 2.24) is 4.90 Å². The molecule has 2 atom stereocenters. The zero-order valence-corrected chi connectivity index (χ0v) is 14.6. The molecule has 0 saturated carbocycles. The molecular weight excluding hydrogens is 297 g/mol. The van der Waals surface area contributed by atoms with E-state index in [0.717, 1.165) is 5.57 Å². The molecule has 2 heterocycles. The number of piperidine rings is 1. The first-order chi connectivity index (χ1) is 10.2. The summed E-state index contributed by atoms with van der Waals surface area (Å²) in [7, 11) is 6.08. The molecule has 0 aromatic heterocycles. The molecule has 0 aromatic carbocycles. The Morgan fingerprint density at radius 3 is 2.36 bits per heavy atom. The Morgan fingerprint density at radius 1 is 1.32 bits per heavy atom. The van der Waals surface area contributed by atoms with Crippen LogP contribution in [0, 0.1) is 5.92 Å². The van der Waals surface area contributed by atoms with Gasteiger partial charge in [0.25, 0.3) is 0 Å². The van der Waals surface area contributed by atoms with Gasteiger partial charge in [-0.3, -0.25) is 4.79 Å². The number of thioether (sulfide) groups is 1. The zero-order valence-electron chi connectivity index (χ0n) is 13.8. The molecule has 1 saturated heterocycles. The fourth-order valence-corrected chi connectivity index (χ4v) is 3.96. The molecule has 2 unspecified atom stereocenters. The van der Waals surface area contributed by atoms with Gasteiger partial charge in [-0.2, -0.15) is 0 Å². The van der Waals surface area contributed by atoms with Crippen molar-refractivity contribution in [2.45, 2.75) is 57.2 Å². The van der Waals surface area contributed by atoms with E-state index < -0.39 is 5.60 Å². The predicted octanol–water partition coefficient (Wildman–Crippen LogP) is 3.18. The van der Waals surface area contributed by atoms with Crippen LogP contribution in [0.1, 0.15) is 40.5 Å². The number of ether oxygens (including phenoxy) is 1. The predicted molar refractivity (Wildman–Crippen MR) is 90.2 cm³/mol. The highest BCUT2D eigenvalue weighted by atomic mass is 32.2. The number of hydrogen-bond donors (Lipinski definition) is 0. The molecule has 120 valence electrons. The molecule has 2 aliphatic heterocycles. The minimum absolute atomic E-state index is 0.00142. The Balaban J connectivity index is 1.85. The first kappa shape index (κ1) is 17.4. The van der Waals surface area contributed by atoms with Gasteiger partial charge in [0.2, 0.25) is 0 Å². The highest BCUT2D eigenvalue weighted by Gasteiger charge is 2.37. The Labute approximate surface area is 138 Å². The lowest BCUT2D eigenvalue weighted by Crippen LogP contribution is -2.44. The van der Waals surface area contributed by atoms with Crippen LogP contribution in [0.25, 0.3) is 0 Å². The van der Waals surface area contributed by atoms with Crippen molar-refractivity contribution in [3.8, 4) is 0 Å². The van der Waals surface area contributed by atoms with Crippen LogP contribution in [0.3, 0.4) is 0 Å². The first-order valence-electron chi connectivity index (χ1n) is 7.78. The summed E-state index contributed by atoms with van der Waals surface area (Å²) >= 11 is 1.53. The van der Waals surface area contributed by atoms with Crippen LogP contribution in [-0.4, -0.2) is 48.6 Å². The van der Waals surface area contributed by atoms with E-state index in [9.17, 15) is 9.59 Å². The van der Waals surface area contributed by atoms with Gasteiger partial charge >= 0.3 is 6.09 Å². The largest absolute Gasteiger partial charge is 0.444 e. The van der Waals surface area contributed by atoms with Gasteiger partial charge in [-0.05, 0) is 51.8 Å². The third kappa shape index (κ3) is 4.09. The first-order valence-corrected chi connectivity index (χ1v) is 8.72. The average molecular weight is 321 g/mol. The van der Waals surface area contributed by atoms with Crippen LogP contribution in [-0.2, 0) is 9.53 Å². The van der Waals surface area contributed by atoms with Crippen LogP contribution in [0.15, 0.2) is 11.0 Å². The number of rotatable bonds is 2. The molecule has 2 rings (SSSR count). The molecular formula is C16H24BNO3S. The van der Waals surface area contributed by atoms with E-state index in [2.05, 4.69) is 0 Å². The van der Waals surface area contributed by atoms with E-state index in [0.29, 0.717) is 25.9 Å². The summed E-state index contributed by atoms with van der Waals surface area (Å²) in [6.07, 6.45) is 1.10. The molecule has 22 heavy (non-hydrogen) atoms. The fourth-order valence-electron chi connectivity index (χ4n) is 2.73. The van der Waals surface area contributed by atoms with E-state index in [1.165, 1.54) is 11.8 Å². The lowest BCUT2D eigenvalue weighted by Gasteiger charge is -2.34. The lowest BCUT2D eigenvalue weighted by molar-refractivity contribution is -0.123. The second kappa shape index (κ2) is 6.69. The summed E-state index contributed by atoms with van der Waals surface area (Å²) in [6.45, 7) is 8.68. The number of nitrogens with zero attached hydrogens (tertiary/aromatic N) is 1. The summed E-state index contributed by atoms with van der Waals surface area (Å²) in [5, 5.41) is 1.83. The van der Waals surface area contributed by atoms with Crippen molar-refractivity contribution in [2.75, 3.05) is 13.1 Å². The monoisotopic (exact) mass is 321 g/mol. The Kier molecular flexibility index (Phi) is 5.31. The van der Waals surface area contributed by atoms with Crippen molar-refractivity contribution >= 4 is 31.5 Å². The molecule has 0 aliphatic carbocycles. The topological polar surface area (TPSA) is 46.6 Å². The number of amides is 1. The maximum Gasteiger partial charge on any atom is 0.410 e. The van der Waals surface area contributed by atoms with Gasteiger partial charge in [0.15, 0.2) is 0 Å². The van der Waals surface area contributed by atoms with E-state index in [1.807, 2.05) is 33.1 Å². The minimum atomic E-state index is -0.486. The highest BCUT2D eigenvalue weighted by Crippen LogP contribution is 2.40. The number of hydrogen-bond acceptors (Lipinski definition) is 4. The SMILES string of the molecule is [B]C1C(C)=CSC1C(=O)C1CCN(C(=O)OC(C)(C)C)CC1. The number of carbonyl (C=O) groups excluding carboxylic acids is 2. The molecule has 2 aliphatic rings. The van der Waals surface area contributed by atoms with E-state index in [4.69, 9.17) is 12.6 Å². The van der Waals surface area contributed by atoms with Gasteiger partial charge in [0.1, 0.15) is 11.4 Å². The molecule has 0 aromatic rings. The summed E-state index contributed by atoms with van der Waals surface area (Å²) in [4.78, 5) is 26.3. The lowest BCUT2D eigenvalue weighted by atomic mass is 9.75. The van der Waals surface area contributed by atoms with Crippen molar-refractivity contribution in [3.05, 3.63) is 11.0 Å². The second-order valence-electron chi connectivity index (χ2n) is 7.09. The minimum Gasteiger partial charge on any atom is -0.444 e. The third-order valence-electron chi connectivity index (χ3n) is 4.08. The average Bonchev–Trinajstić information content (AvgIpc) is 2.76.